The molecule has 1 aromatic rings. The van der Waals surface area contributed by atoms with E-state index in [9.17, 15) is 0 Å². The van der Waals surface area contributed by atoms with E-state index in [4.69, 9.17) is 0 Å². The van der Waals surface area contributed by atoms with Gasteiger partial charge in [0.05, 0.1) is 12.6 Å². The third kappa shape index (κ3) is 2.40. The minimum absolute atomic E-state index is 0.304. The molecule has 1 N–H and O–H groups in total. The van der Waals surface area contributed by atoms with E-state index >= 15 is 0 Å². The number of nitrogens with zero attached hydrogens (tertiary/aromatic N) is 5. The Kier molecular flexibility index (Phi) is 3.07. The fraction of sp³-hybridized carbons (Fsp3) is 0.917. The van der Waals surface area contributed by atoms with Crippen molar-refractivity contribution in [2.24, 2.45) is 0 Å². The minimum atomic E-state index is 0.304. The Bertz CT molecular complexity index is 402. The van der Waals surface area contributed by atoms with Crippen molar-refractivity contribution >= 4 is 0 Å². The van der Waals surface area contributed by atoms with Gasteiger partial charge in [0.25, 0.3) is 0 Å². The van der Waals surface area contributed by atoms with Crippen LogP contribution in [-0.2, 0) is 6.54 Å². The second kappa shape index (κ2) is 4.59. The second-order valence-corrected chi connectivity index (χ2v) is 5.86. The molecule has 1 aliphatic heterocycles. The van der Waals surface area contributed by atoms with Gasteiger partial charge in [0, 0.05) is 18.6 Å². The van der Waals surface area contributed by atoms with E-state index in [2.05, 4.69) is 39.7 Å². The van der Waals surface area contributed by atoms with Gasteiger partial charge in [-0.3, -0.25) is 4.90 Å². The third-order valence-corrected chi connectivity index (χ3v) is 4.38. The summed E-state index contributed by atoms with van der Waals surface area (Å²) >= 11 is 0. The smallest absolute Gasteiger partial charge is 0.165 e. The summed E-state index contributed by atoms with van der Waals surface area (Å²) in [5.41, 5.74) is 0.304. The molecule has 18 heavy (non-hydrogen) atoms. The topological polar surface area (TPSA) is 58.9 Å². The summed E-state index contributed by atoms with van der Waals surface area (Å²) in [7, 11) is 2.06. The van der Waals surface area contributed by atoms with Crippen molar-refractivity contribution in [3.63, 3.8) is 0 Å². The zero-order valence-corrected chi connectivity index (χ0v) is 11.3. The lowest BCUT2D eigenvalue weighted by Crippen LogP contribution is -2.49. The van der Waals surface area contributed by atoms with Crippen molar-refractivity contribution in [1.29, 1.82) is 0 Å². The van der Waals surface area contributed by atoms with E-state index in [1.54, 1.807) is 0 Å². The molecule has 2 fully saturated rings. The summed E-state index contributed by atoms with van der Waals surface area (Å²) in [5, 5.41) is 15.5. The number of aromatic nitrogens is 4. The zero-order chi connectivity index (χ0) is 12.6. The molecule has 6 heteroatoms. The summed E-state index contributed by atoms with van der Waals surface area (Å²) in [6.45, 7) is 5.44. The normalized spacial score (nSPS) is 24.3. The van der Waals surface area contributed by atoms with Crippen molar-refractivity contribution < 1.29 is 0 Å². The van der Waals surface area contributed by atoms with Gasteiger partial charge in [-0.05, 0) is 50.1 Å². The molecule has 0 amide bonds. The van der Waals surface area contributed by atoms with E-state index in [1.807, 2.05) is 4.68 Å². The van der Waals surface area contributed by atoms with Crippen LogP contribution in [0.5, 0.6) is 0 Å². The summed E-state index contributed by atoms with van der Waals surface area (Å²) in [4.78, 5) is 2.46. The van der Waals surface area contributed by atoms with Crippen LogP contribution in [-0.4, -0.2) is 50.8 Å². The van der Waals surface area contributed by atoms with Gasteiger partial charge in [0.15, 0.2) is 5.82 Å². The molecule has 2 heterocycles. The van der Waals surface area contributed by atoms with Gasteiger partial charge < -0.3 is 5.32 Å². The second-order valence-electron chi connectivity index (χ2n) is 5.86. The molecule has 1 saturated heterocycles. The molecule has 0 unspecified atom stereocenters. The van der Waals surface area contributed by atoms with Gasteiger partial charge >= 0.3 is 0 Å². The highest BCUT2D eigenvalue weighted by Crippen LogP contribution is 2.34. The highest BCUT2D eigenvalue weighted by Gasteiger charge is 2.31. The molecule has 2 aliphatic rings. The molecule has 100 valence electrons. The maximum atomic E-state index is 4.17. The van der Waals surface area contributed by atoms with Crippen molar-refractivity contribution in [2.75, 3.05) is 20.1 Å². The van der Waals surface area contributed by atoms with Crippen LogP contribution in [0.3, 0.4) is 0 Å². The highest BCUT2D eigenvalue weighted by atomic mass is 15.6. The summed E-state index contributed by atoms with van der Waals surface area (Å²) in [5.74, 6) is 1.03. The molecule has 0 aromatic carbocycles. The van der Waals surface area contributed by atoms with Crippen LogP contribution >= 0.6 is 0 Å². The average Bonchev–Trinajstić information content (AvgIpc) is 3.13. The number of hydrogen-bond donors (Lipinski definition) is 1. The predicted octanol–water partition coefficient (Wildman–Crippen LogP) is 0.582. The Morgan fingerprint density at radius 3 is 2.67 bits per heavy atom. The average molecular weight is 250 g/mol. The standard InChI is InChI=1S/C12H22N6/c1-12(13-2)5-7-17(8-6-12)9-11-14-15-16-18(11)10-3-4-10/h10,13H,3-9H2,1-2H3. The van der Waals surface area contributed by atoms with Crippen molar-refractivity contribution in [2.45, 2.75) is 50.7 Å². The Hall–Kier alpha value is -1.01. The van der Waals surface area contributed by atoms with Gasteiger partial charge in [0.1, 0.15) is 0 Å². The minimum Gasteiger partial charge on any atom is -0.314 e. The Labute approximate surface area is 108 Å². The lowest BCUT2D eigenvalue weighted by atomic mass is 9.90. The molecule has 0 bridgehead atoms. The van der Waals surface area contributed by atoms with Crippen molar-refractivity contribution in [3.8, 4) is 0 Å². The Morgan fingerprint density at radius 2 is 2.06 bits per heavy atom. The van der Waals surface area contributed by atoms with E-state index in [-0.39, 0.29) is 0 Å². The fourth-order valence-electron chi connectivity index (χ4n) is 2.57. The number of piperidine rings is 1. The van der Waals surface area contributed by atoms with Gasteiger partial charge in [-0.1, -0.05) is 0 Å². The van der Waals surface area contributed by atoms with Crippen LogP contribution in [0.1, 0.15) is 44.5 Å². The maximum absolute atomic E-state index is 4.17. The van der Waals surface area contributed by atoms with E-state index in [1.165, 1.54) is 25.7 Å². The Balaban J connectivity index is 1.59. The molecule has 0 atom stereocenters. The van der Waals surface area contributed by atoms with Crippen LogP contribution in [0.25, 0.3) is 0 Å². The number of nitrogens with one attached hydrogen (secondary N) is 1. The van der Waals surface area contributed by atoms with E-state index in [0.29, 0.717) is 11.6 Å². The first-order chi connectivity index (χ1) is 8.70. The first-order valence-electron chi connectivity index (χ1n) is 6.88. The molecular formula is C12H22N6. The molecule has 0 radical (unpaired) electrons. The molecular weight excluding hydrogens is 228 g/mol. The summed E-state index contributed by atoms with van der Waals surface area (Å²) in [6.07, 6.45) is 4.84. The van der Waals surface area contributed by atoms with Crippen LogP contribution < -0.4 is 5.32 Å². The first-order valence-corrected chi connectivity index (χ1v) is 6.88. The molecule has 1 saturated carbocycles. The molecule has 0 spiro atoms. The monoisotopic (exact) mass is 250 g/mol. The fourth-order valence-corrected chi connectivity index (χ4v) is 2.57. The van der Waals surface area contributed by atoms with Crippen LogP contribution in [0.4, 0.5) is 0 Å². The zero-order valence-electron chi connectivity index (χ0n) is 11.3. The summed E-state index contributed by atoms with van der Waals surface area (Å²) in [6, 6.07) is 0.572. The summed E-state index contributed by atoms with van der Waals surface area (Å²) < 4.78 is 2.02. The predicted molar refractivity (Wildman–Crippen MR) is 68.1 cm³/mol. The number of rotatable bonds is 4. The first kappa shape index (κ1) is 12.0. The van der Waals surface area contributed by atoms with E-state index in [0.717, 1.165) is 25.5 Å². The third-order valence-electron chi connectivity index (χ3n) is 4.38. The maximum Gasteiger partial charge on any atom is 0.165 e. The Morgan fingerprint density at radius 1 is 1.33 bits per heavy atom. The largest absolute Gasteiger partial charge is 0.314 e. The van der Waals surface area contributed by atoms with Crippen molar-refractivity contribution in [1.82, 2.24) is 30.4 Å². The van der Waals surface area contributed by atoms with Crippen LogP contribution in [0.2, 0.25) is 0 Å². The number of tetrazole rings is 1. The van der Waals surface area contributed by atoms with Crippen LogP contribution in [0.15, 0.2) is 0 Å². The van der Waals surface area contributed by atoms with Gasteiger partial charge in [-0.15, -0.1) is 5.10 Å². The lowest BCUT2D eigenvalue weighted by molar-refractivity contribution is 0.142. The van der Waals surface area contributed by atoms with Gasteiger partial charge in [-0.25, -0.2) is 4.68 Å². The number of hydrogen-bond acceptors (Lipinski definition) is 5. The molecule has 1 aromatic heterocycles. The molecule has 3 rings (SSSR count). The van der Waals surface area contributed by atoms with Crippen molar-refractivity contribution in [3.05, 3.63) is 5.82 Å². The molecule has 6 nitrogen and oxygen atoms in total. The lowest BCUT2D eigenvalue weighted by Gasteiger charge is -2.39. The van der Waals surface area contributed by atoms with E-state index < -0.39 is 0 Å². The number of likely N-dealkylation sites (tertiary alicyclic amines) is 1. The highest BCUT2D eigenvalue weighted by molar-refractivity contribution is 4.93. The molecule has 1 aliphatic carbocycles. The SMILES string of the molecule is CNC1(C)CCN(Cc2nnnn2C2CC2)CC1. The quantitative estimate of drug-likeness (QED) is 0.847. The van der Waals surface area contributed by atoms with Gasteiger partial charge in [0.2, 0.25) is 0 Å². The van der Waals surface area contributed by atoms with Crippen LogP contribution in [0, 0.1) is 0 Å². The van der Waals surface area contributed by atoms with Gasteiger partial charge in [-0.2, -0.15) is 0 Å².